The normalized spacial score (nSPS) is 26.3. The zero-order valence-corrected chi connectivity index (χ0v) is 14.1. The fourth-order valence-corrected chi connectivity index (χ4v) is 3.50. The predicted molar refractivity (Wildman–Crippen MR) is 91.5 cm³/mol. The molecular weight excluding hydrogens is 290 g/mol. The van der Waals surface area contributed by atoms with Crippen LogP contribution >= 0.6 is 0 Å². The molecule has 1 aromatic heterocycles. The van der Waals surface area contributed by atoms with Gasteiger partial charge in [-0.3, -0.25) is 9.69 Å². The number of aromatic nitrogens is 1. The van der Waals surface area contributed by atoms with Gasteiger partial charge >= 0.3 is 0 Å². The van der Waals surface area contributed by atoms with Crippen molar-refractivity contribution in [3.8, 4) is 0 Å². The van der Waals surface area contributed by atoms with E-state index in [1.54, 1.807) is 0 Å². The second-order valence-corrected chi connectivity index (χ2v) is 6.72. The maximum absolute atomic E-state index is 12.5. The van der Waals surface area contributed by atoms with Gasteiger partial charge in [-0.05, 0) is 26.0 Å². The lowest BCUT2D eigenvalue weighted by atomic mass is 10.1. The highest BCUT2D eigenvalue weighted by Crippen LogP contribution is 2.13. The van der Waals surface area contributed by atoms with Gasteiger partial charge in [0, 0.05) is 57.5 Å². The lowest BCUT2D eigenvalue weighted by Crippen LogP contribution is -2.58. The van der Waals surface area contributed by atoms with Crippen LogP contribution in [0.3, 0.4) is 0 Å². The molecule has 6 nitrogen and oxygen atoms in total. The van der Waals surface area contributed by atoms with E-state index in [4.69, 9.17) is 0 Å². The number of nitrogens with one attached hydrogen (secondary N) is 1. The molecule has 1 amide bonds. The van der Waals surface area contributed by atoms with Crippen LogP contribution in [0.25, 0.3) is 0 Å². The zero-order chi connectivity index (χ0) is 16.2. The molecule has 2 aliphatic rings. The molecule has 0 saturated carbocycles. The van der Waals surface area contributed by atoms with Gasteiger partial charge in [0.2, 0.25) is 5.91 Å². The standard InChI is InChI=1S/C17H27N5O/c1-14-11-22(12-15(2)19-14)17(23)13-20-7-9-21(10-8-20)16-5-3-4-6-18-16/h3-6,14-15,19H,7-13H2,1-2H3/t14-,15-/m1/s1. The van der Waals surface area contributed by atoms with Crippen LogP contribution in [0.5, 0.6) is 0 Å². The van der Waals surface area contributed by atoms with Crippen molar-refractivity contribution in [2.24, 2.45) is 0 Å². The van der Waals surface area contributed by atoms with Gasteiger partial charge < -0.3 is 15.1 Å². The highest BCUT2D eigenvalue weighted by molar-refractivity contribution is 5.78. The van der Waals surface area contributed by atoms with Crippen molar-refractivity contribution in [1.29, 1.82) is 0 Å². The van der Waals surface area contributed by atoms with E-state index in [1.165, 1.54) is 0 Å². The minimum atomic E-state index is 0.261. The summed E-state index contributed by atoms with van der Waals surface area (Å²) in [5, 5.41) is 3.47. The number of piperazine rings is 2. The van der Waals surface area contributed by atoms with Crippen molar-refractivity contribution in [1.82, 2.24) is 20.1 Å². The summed E-state index contributed by atoms with van der Waals surface area (Å²) in [5.41, 5.74) is 0. The minimum Gasteiger partial charge on any atom is -0.354 e. The highest BCUT2D eigenvalue weighted by atomic mass is 16.2. The van der Waals surface area contributed by atoms with Gasteiger partial charge in [0.05, 0.1) is 6.54 Å². The molecule has 23 heavy (non-hydrogen) atoms. The van der Waals surface area contributed by atoms with E-state index in [0.717, 1.165) is 45.1 Å². The summed E-state index contributed by atoms with van der Waals surface area (Å²) in [4.78, 5) is 23.5. The van der Waals surface area contributed by atoms with Crippen LogP contribution in [0.4, 0.5) is 5.82 Å². The monoisotopic (exact) mass is 317 g/mol. The van der Waals surface area contributed by atoms with Crippen LogP contribution in [0.15, 0.2) is 24.4 Å². The van der Waals surface area contributed by atoms with Crippen LogP contribution in [0.2, 0.25) is 0 Å². The molecule has 2 atom stereocenters. The lowest BCUT2D eigenvalue weighted by molar-refractivity contribution is -0.134. The highest BCUT2D eigenvalue weighted by Gasteiger charge is 2.27. The third-order valence-corrected chi connectivity index (χ3v) is 4.61. The molecule has 2 saturated heterocycles. The number of hydrogen-bond donors (Lipinski definition) is 1. The number of carbonyl (C=O) groups is 1. The average Bonchev–Trinajstić information content (AvgIpc) is 2.55. The van der Waals surface area contributed by atoms with Gasteiger partial charge in [-0.15, -0.1) is 0 Å². The summed E-state index contributed by atoms with van der Waals surface area (Å²) in [6, 6.07) is 6.76. The molecule has 0 radical (unpaired) electrons. The smallest absolute Gasteiger partial charge is 0.236 e. The number of pyridine rings is 1. The number of anilines is 1. The number of carbonyl (C=O) groups excluding carboxylic acids is 1. The summed E-state index contributed by atoms with van der Waals surface area (Å²) in [6.07, 6.45) is 1.83. The number of amides is 1. The Morgan fingerprint density at radius 1 is 1.17 bits per heavy atom. The molecule has 2 aliphatic heterocycles. The Morgan fingerprint density at radius 2 is 1.87 bits per heavy atom. The third kappa shape index (κ3) is 4.20. The molecular formula is C17H27N5O. The first-order chi connectivity index (χ1) is 11.1. The van der Waals surface area contributed by atoms with E-state index < -0.39 is 0 Å². The zero-order valence-electron chi connectivity index (χ0n) is 14.1. The Hall–Kier alpha value is -1.66. The van der Waals surface area contributed by atoms with Crippen LogP contribution in [0, 0.1) is 0 Å². The van der Waals surface area contributed by atoms with E-state index in [2.05, 4.69) is 33.9 Å². The van der Waals surface area contributed by atoms with Crippen LogP contribution in [-0.2, 0) is 4.79 Å². The van der Waals surface area contributed by atoms with Crippen LogP contribution < -0.4 is 10.2 Å². The molecule has 2 fully saturated rings. The SMILES string of the molecule is C[C@@H]1CN(C(=O)CN2CCN(c3ccccn3)CC2)C[C@@H](C)N1. The second kappa shape index (κ2) is 7.27. The van der Waals surface area contributed by atoms with Crippen LogP contribution in [0.1, 0.15) is 13.8 Å². The van der Waals surface area contributed by atoms with E-state index in [0.29, 0.717) is 18.6 Å². The van der Waals surface area contributed by atoms with E-state index in [9.17, 15) is 4.79 Å². The molecule has 1 aromatic rings. The van der Waals surface area contributed by atoms with Gasteiger partial charge in [0.25, 0.3) is 0 Å². The number of rotatable bonds is 3. The summed E-state index contributed by atoms with van der Waals surface area (Å²) >= 11 is 0. The third-order valence-electron chi connectivity index (χ3n) is 4.61. The Kier molecular flexibility index (Phi) is 5.13. The van der Waals surface area contributed by atoms with Gasteiger partial charge in [-0.2, -0.15) is 0 Å². The van der Waals surface area contributed by atoms with E-state index >= 15 is 0 Å². The fourth-order valence-electron chi connectivity index (χ4n) is 3.50. The Morgan fingerprint density at radius 3 is 2.48 bits per heavy atom. The minimum absolute atomic E-state index is 0.261. The molecule has 0 spiro atoms. The van der Waals surface area contributed by atoms with E-state index in [1.807, 2.05) is 29.3 Å². The van der Waals surface area contributed by atoms with Crippen LogP contribution in [-0.4, -0.2) is 78.6 Å². The maximum Gasteiger partial charge on any atom is 0.236 e. The molecule has 3 rings (SSSR count). The quantitative estimate of drug-likeness (QED) is 0.875. The van der Waals surface area contributed by atoms with Crippen molar-refractivity contribution in [3.63, 3.8) is 0 Å². The van der Waals surface area contributed by atoms with Crippen molar-refractivity contribution < 1.29 is 4.79 Å². The Labute approximate surface area is 138 Å². The first-order valence-electron chi connectivity index (χ1n) is 8.54. The maximum atomic E-state index is 12.5. The van der Waals surface area contributed by atoms with Crippen molar-refractivity contribution in [3.05, 3.63) is 24.4 Å². The molecule has 0 aliphatic carbocycles. The molecule has 6 heteroatoms. The van der Waals surface area contributed by atoms with Gasteiger partial charge in [0.15, 0.2) is 0 Å². The first-order valence-corrected chi connectivity index (χ1v) is 8.54. The molecule has 0 unspecified atom stereocenters. The van der Waals surface area contributed by atoms with Crippen molar-refractivity contribution >= 4 is 11.7 Å². The molecule has 3 heterocycles. The molecule has 126 valence electrons. The summed E-state index contributed by atoms with van der Waals surface area (Å²) in [5.74, 6) is 1.29. The van der Waals surface area contributed by atoms with Gasteiger partial charge in [-0.1, -0.05) is 6.07 Å². The van der Waals surface area contributed by atoms with Crippen molar-refractivity contribution in [2.75, 3.05) is 50.7 Å². The number of hydrogen-bond acceptors (Lipinski definition) is 5. The largest absolute Gasteiger partial charge is 0.354 e. The molecule has 0 aromatic carbocycles. The predicted octanol–water partition coefficient (Wildman–Crippen LogP) is 0.412. The second-order valence-electron chi connectivity index (χ2n) is 6.72. The van der Waals surface area contributed by atoms with Gasteiger partial charge in [-0.25, -0.2) is 4.98 Å². The Bertz CT molecular complexity index is 505. The summed E-state index contributed by atoms with van der Waals surface area (Å²) in [7, 11) is 0. The summed E-state index contributed by atoms with van der Waals surface area (Å²) < 4.78 is 0. The summed E-state index contributed by atoms with van der Waals surface area (Å²) in [6.45, 7) is 10.1. The average molecular weight is 317 g/mol. The Balaban J connectivity index is 1.48. The topological polar surface area (TPSA) is 51.7 Å². The van der Waals surface area contributed by atoms with E-state index in [-0.39, 0.29) is 5.91 Å². The number of nitrogens with zero attached hydrogens (tertiary/aromatic N) is 4. The lowest BCUT2D eigenvalue weighted by Gasteiger charge is -2.39. The molecule has 0 bridgehead atoms. The van der Waals surface area contributed by atoms with Gasteiger partial charge in [0.1, 0.15) is 5.82 Å². The fraction of sp³-hybridized carbons (Fsp3) is 0.647. The molecule has 1 N–H and O–H groups in total. The van der Waals surface area contributed by atoms with Crippen molar-refractivity contribution in [2.45, 2.75) is 25.9 Å². The first kappa shape index (κ1) is 16.2.